The molecule has 3 N–H and O–H groups in total. The maximum atomic E-state index is 5.80. The van der Waals surface area contributed by atoms with Gasteiger partial charge in [0.15, 0.2) is 0 Å². The van der Waals surface area contributed by atoms with Gasteiger partial charge in [-0.25, -0.2) is 0 Å². The first-order valence-electron chi connectivity index (χ1n) is 6.41. The fraction of sp³-hybridized carbons (Fsp3) is 0.750. The summed E-state index contributed by atoms with van der Waals surface area (Å²) in [6.45, 7) is 5.33. The van der Waals surface area contributed by atoms with Gasteiger partial charge in [0.2, 0.25) is 0 Å². The first-order valence-corrected chi connectivity index (χ1v) is 6.41. The van der Waals surface area contributed by atoms with Crippen LogP contribution in [0.15, 0.2) is 12.4 Å². The van der Waals surface area contributed by atoms with Gasteiger partial charge >= 0.3 is 0 Å². The molecule has 1 aromatic heterocycles. The third kappa shape index (κ3) is 3.28. The van der Waals surface area contributed by atoms with Crippen molar-refractivity contribution in [2.45, 2.75) is 38.5 Å². The minimum absolute atomic E-state index is 0.180. The van der Waals surface area contributed by atoms with Gasteiger partial charge in [-0.2, -0.15) is 5.10 Å². The number of nitrogens with two attached hydrogens (primary N) is 1. The van der Waals surface area contributed by atoms with Crippen LogP contribution in [-0.4, -0.2) is 35.6 Å². The maximum absolute atomic E-state index is 5.80. The van der Waals surface area contributed by atoms with E-state index in [1.807, 2.05) is 10.9 Å². The quantitative estimate of drug-likeness (QED) is 0.764. The lowest BCUT2D eigenvalue weighted by Gasteiger charge is -2.18. The molecule has 2 heterocycles. The standard InChI is InChI=1S/C12H22N4O/c1-2-16-9-10(7-15-16)12(6-13)14-8-11-4-3-5-17-11/h7,9,11-12,14H,2-6,8,13H2,1H3. The van der Waals surface area contributed by atoms with Crippen molar-refractivity contribution in [1.82, 2.24) is 15.1 Å². The smallest absolute Gasteiger partial charge is 0.0700 e. The van der Waals surface area contributed by atoms with Gasteiger partial charge in [0.1, 0.15) is 0 Å². The van der Waals surface area contributed by atoms with Gasteiger partial charge in [0, 0.05) is 44.0 Å². The average Bonchev–Trinajstić information content (AvgIpc) is 3.00. The van der Waals surface area contributed by atoms with Gasteiger partial charge in [-0.05, 0) is 19.8 Å². The van der Waals surface area contributed by atoms with Gasteiger partial charge in [-0.1, -0.05) is 0 Å². The zero-order valence-electron chi connectivity index (χ0n) is 10.4. The highest BCUT2D eigenvalue weighted by Crippen LogP contribution is 2.14. The van der Waals surface area contributed by atoms with Gasteiger partial charge in [-0.15, -0.1) is 0 Å². The van der Waals surface area contributed by atoms with E-state index in [1.165, 1.54) is 6.42 Å². The van der Waals surface area contributed by atoms with E-state index in [-0.39, 0.29) is 6.04 Å². The number of hydrogen-bond donors (Lipinski definition) is 2. The van der Waals surface area contributed by atoms with Crippen LogP contribution in [0.3, 0.4) is 0 Å². The molecule has 0 aromatic carbocycles. The molecule has 0 aliphatic carbocycles. The van der Waals surface area contributed by atoms with Crippen LogP contribution in [0.5, 0.6) is 0 Å². The van der Waals surface area contributed by atoms with Crippen molar-refractivity contribution in [3.8, 4) is 0 Å². The molecule has 2 atom stereocenters. The molecule has 1 aliphatic rings. The maximum Gasteiger partial charge on any atom is 0.0700 e. The Balaban J connectivity index is 1.86. The largest absolute Gasteiger partial charge is 0.377 e. The zero-order valence-corrected chi connectivity index (χ0v) is 10.4. The van der Waals surface area contributed by atoms with Crippen molar-refractivity contribution in [1.29, 1.82) is 0 Å². The molecule has 2 rings (SSSR count). The first-order chi connectivity index (χ1) is 8.33. The Morgan fingerprint density at radius 1 is 1.71 bits per heavy atom. The fourth-order valence-electron chi connectivity index (χ4n) is 2.15. The highest BCUT2D eigenvalue weighted by molar-refractivity contribution is 5.11. The molecule has 1 aromatic rings. The molecule has 5 heteroatoms. The number of aryl methyl sites for hydroxylation is 1. The van der Waals surface area contributed by atoms with E-state index >= 15 is 0 Å². The van der Waals surface area contributed by atoms with Crippen molar-refractivity contribution in [2.75, 3.05) is 19.7 Å². The summed E-state index contributed by atoms with van der Waals surface area (Å²) in [5, 5.41) is 7.73. The Bertz CT molecular complexity index is 333. The zero-order chi connectivity index (χ0) is 12.1. The van der Waals surface area contributed by atoms with Crippen molar-refractivity contribution >= 4 is 0 Å². The lowest BCUT2D eigenvalue weighted by Crippen LogP contribution is -2.33. The van der Waals surface area contributed by atoms with Crippen LogP contribution in [0.2, 0.25) is 0 Å². The lowest BCUT2D eigenvalue weighted by molar-refractivity contribution is 0.107. The second kappa shape index (κ2) is 6.14. The SMILES string of the molecule is CCn1cc(C(CN)NCC2CCCO2)cn1. The molecular formula is C12H22N4O. The van der Waals surface area contributed by atoms with E-state index < -0.39 is 0 Å². The highest BCUT2D eigenvalue weighted by Gasteiger charge is 2.18. The minimum Gasteiger partial charge on any atom is -0.377 e. The lowest BCUT2D eigenvalue weighted by atomic mass is 10.1. The highest BCUT2D eigenvalue weighted by atomic mass is 16.5. The topological polar surface area (TPSA) is 65.1 Å². The van der Waals surface area contributed by atoms with Crippen molar-refractivity contribution in [3.05, 3.63) is 18.0 Å². The number of hydrogen-bond acceptors (Lipinski definition) is 4. The molecular weight excluding hydrogens is 216 g/mol. The van der Waals surface area contributed by atoms with E-state index in [1.54, 1.807) is 0 Å². The molecule has 5 nitrogen and oxygen atoms in total. The Morgan fingerprint density at radius 3 is 3.18 bits per heavy atom. The summed E-state index contributed by atoms with van der Waals surface area (Å²) in [6.07, 6.45) is 6.63. The molecule has 2 unspecified atom stereocenters. The molecule has 0 saturated carbocycles. The predicted octanol–water partition coefficient (Wildman–Crippen LogP) is 0.671. The molecule has 0 amide bonds. The molecule has 96 valence electrons. The molecule has 1 aliphatic heterocycles. The fourth-order valence-corrected chi connectivity index (χ4v) is 2.15. The van der Waals surface area contributed by atoms with E-state index in [9.17, 15) is 0 Å². The molecule has 1 saturated heterocycles. The summed E-state index contributed by atoms with van der Waals surface area (Å²) in [4.78, 5) is 0. The second-order valence-electron chi connectivity index (χ2n) is 4.46. The Kier molecular flexibility index (Phi) is 4.53. The number of nitrogens with zero attached hydrogens (tertiary/aromatic N) is 2. The van der Waals surface area contributed by atoms with E-state index in [0.29, 0.717) is 12.6 Å². The summed E-state index contributed by atoms with van der Waals surface area (Å²) < 4.78 is 7.51. The summed E-state index contributed by atoms with van der Waals surface area (Å²) in [6, 6.07) is 0.180. The first kappa shape index (κ1) is 12.5. The summed E-state index contributed by atoms with van der Waals surface area (Å²) in [5.74, 6) is 0. The number of rotatable bonds is 6. The van der Waals surface area contributed by atoms with Crippen LogP contribution < -0.4 is 11.1 Å². The molecule has 0 bridgehead atoms. The van der Waals surface area contributed by atoms with E-state index in [2.05, 4.69) is 23.5 Å². The van der Waals surface area contributed by atoms with Crippen LogP contribution in [0.1, 0.15) is 31.4 Å². The van der Waals surface area contributed by atoms with Gasteiger partial charge < -0.3 is 15.8 Å². The number of nitrogens with one attached hydrogen (secondary N) is 1. The molecule has 0 spiro atoms. The molecule has 17 heavy (non-hydrogen) atoms. The Morgan fingerprint density at radius 2 is 2.59 bits per heavy atom. The van der Waals surface area contributed by atoms with Crippen LogP contribution >= 0.6 is 0 Å². The van der Waals surface area contributed by atoms with Crippen LogP contribution in [0, 0.1) is 0 Å². The van der Waals surface area contributed by atoms with E-state index in [4.69, 9.17) is 10.5 Å². The normalized spacial score (nSPS) is 21.9. The van der Waals surface area contributed by atoms with Crippen LogP contribution in [0.4, 0.5) is 0 Å². The van der Waals surface area contributed by atoms with Gasteiger partial charge in [-0.3, -0.25) is 4.68 Å². The molecule has 1 fully saturated rings. The number of ether oxygens (including phenoxy) is 1. The predicted molar refractivity (Wildman–Crippen MR) is 66.7 cm³/mol. The third-order valence-electron chi connectivity index (χ3n) is 3.23. The van der Waals surface area contributed by atoms with Crippen molar-refractivity contribution < 1.29 is 4.74 Å². The van der Waals surface area contributed by atoms with Gasteiger partial charge in [0.05, 0.1) is 12.3 Å². The number of aromatic nitrogens is 2. The van der Waals surface area contributed by atoms with Gasteiger partial charge in [0.25, 0.3) is 0 Å². The minimum atomic E-state index is 0.180. The third-order valence-corrected chi connectivity index (χ3v) is 3.23. The second-order valence-corrected chi connectivity index (χ2v) is 4.46. The van der Waals surface area contributed by atoms with Crippen molar-refractivity contribution in [3.63, 3.8) is 0 Å². The van der Waals surface area contributed by atoms with Crippen molar-refractivity contribution in [2.24, 2.45) is 5.73 Å². The summed E-state index contributed by atoms with van der Waals surface area (Å²) >= 11 is 0. The van der Waals surface area contributed by atoms with Crippen LogP contribution in [-0.2, 0) is 11.3 Å². The summed E-state index contributed by atoms with van der Waals surface area (Å²) in [5.41, 5.74) is 6.96. The molecule has 0 radical (unpaired) electrons. The Labute approximate surface area is 102 Å². The van der Waals surface area contributed by atoms with Crippen LogP contribution in [0.25, 0.3) is 0 Å². The Hall–Kier alpha value is -0.910. The summed E-state index contributed by atoms with van der Waals surface area (Å²) in [7, 11) is 0. The monoisotopic (exact) mass is 238 g/mol. The average molecular weight is 238 g/mol. The van der Waals surface area contributed by atoms with E-state index in [0.717, 1.165) is 31.7 Å².